The third kappa shape index (κ3) is 3.40. The normalized spacial score (nSPS) is 20.6. The first-order chi connectivity index (χ1) is 8.66. The first-order valence-electron chi connectivity index (χ1n) is 6.34. The molecule has 1 saturated heterocycles. The second-order valence-corrected chi connectivity index (χ2v) is 5.36. The molecule has 1 fully saturated rings. The molecule has 0 aromatic carbocycles. The number of aromatic nitrogens is 1. The third-order valence-electron chi connectivity index (χ3n) is 3.34. The van der Waals surface area contributed by atoms with Crippen molar-refractivity contribution in [2.45, 2.75) is 12.8 Å². The van der Waals surface area contributed by atoms with Crippen molar-refractivity contribution in [2.75, 3.05) is 32.0 Å². The van der Waals surface area contributed by atoms with E-state index in [1.165, 1.54) is 19.4 Å². The van der Waals surface area contributed by atoms with Crippen LogP contribution in [0.4, 0.5) is 5.69 Å². The summed E-state index contributed by atoms with van der Waals surface area (Å²) in [5.74, 6) is 0.683. The Morgan fingerprint density at radius 2 is 2.50 bits per heavy atom. The van der Waals surface area contributed by atoms with Gasteiger partial charge in [-0.1, -0.05) is 12.2 Å². The van der Waals surface area contributed by atoms with Gasteiger partial charge in [-0.25, -0.2) is 0 Å². The Hall–Kier alpha value is -1.20. The Morgan fingerprint density at radius 1 is 1.67 bits per heavy atom. The standard InChI is InChI=1S/C13H20N4S/c1-17-7-3-4-10(9-17)8-16-11-5-2-6-15-12(11)13(14)18/h2,5-6,10,16H,3-4,7-9H2,1H3,(H2,14,18). The molecule has 3 N–H and O–H groups in total. The maximum absolute atomic E-state index is 5.67. The Balaban J connectivity index is 1.95. The molecule has 2 heterocycles. The quantitative estimate of drug-likeness (QED) is 0.807. The van der Waals surface area contributed by atoms with Gasteiger partial charge in [0.05, 0.1) is 5.69 Å². The molecule has 1 aliphatic rings. The molecule has 0 radical (unpaired) electrons. The van der Waals surface area contributed by atoms with Gasteiger partial charge in [-0.15, -0.1) is 0 Å². The molecular formula is C13H20N4S. The predicted molar refractivity (Wildman–Crippen MR) is 78.8 cm³/mol. The minimum absolute atomic E-state index is 0.346. The van der Waals surface area contributed by atoms with E-state index in [2.05, 4.69) is 22.2 Å². The van der Waals surface area contributed by atoms with E-state index in [4.69, 9.17) is 18.0 Å². The molecule has 1 aromatic rings. The number of piperidine rings is 1. The first kappa shape index (κ1) is 13.2. The highest BCUT2D eigenvalue weighted by Gasteiger charge is 2.17. The Morgan fingerprint density at radius 3 is 3.22 bits per heavy atom. The molecule has 1 aliphatic heterocycles. The van der Waals surface area contributed by atoms with Crippen LogP contribution in [0.1, 0.15) is 18.5 Å². The lowest BCUT2D eigenvalue weighted by molar-refractivity contribution is 0.217. The van der Waals surface area contributed by atoms with Crippen molar-refractivity contribution in [1.82, 2.24) is 9.88 Å². The van der Waals surface area contributed by atoms with E-state index < -0.39 is 0 Å². The van der Waals surface area contributed by atoms with Crippen LogP contribution in [0, 0.1) is 5.92 Å². The highest BCUT2D eigenvalue weighted by Crippen LogP contribution is 2.17. The minimum atomic E-state index is 0.346. The molecule has 5 heteroatoms. The van der Waals surface area contributed by atoms with E-state index in [1.807, 2.05) is 12.1 Å². The molecule has 98 valence electrons. The summed E-state index contributed by atoms with van der Waals surface area (Å²) in [6.07, 6.45) is 4.27. The summed E-state index contributed by atoms with van der Waals surface area (Å²) in [5.41, 5.74) is 7.30. The topological polar surface area (TPSA) is 54.2 Å². The molecule has 18 heavy (non-hydrogen) atoms. The summed E-state index contributed by atoms with van der Waals surface area (Å²) in [5, 5.41) is 3.43. The monoisotopic (exact) mass is 264 g/mol. The first-order valence-corrected chi connectivity index (χ1v) is 6.75. The smallest absolute Gasteiger partial charge is 0.124 e. The van der Waals surface area contributed by atoms with Crippen LogP contribution in [0.3, 0.4) is 0 Å². The molecule has 4 nitrogen and oxygen atoms in total. The predicted octanol–water partition coefficient (Wildman–Crippen LogP) is 1.47. The van der Waals surface area contributed by atoms with Crippen LogP contribution < -0.4 is 11.1 Å². The number of nitrogens with one attached hydrogen (secondary N) is 1. The second kappa shape index (κ2) is 6.11. The number of pyridine rings is 1. The van der Waals surface area contributed by atoms with E-state index in [1.54, 1.807) is 6.20 Å². The number of hydrogen-bond acceptors (Lipinski definition) is 4. The fourth-order valence-electron chi connectivity index (χ4n) is 2.44. The minimum Gasteiger partial charge on any atom is -0.388 e. The van der Waals surface area contributed by atoms with E-state index >= 15 is 0 Å². The van der Waals surface area contributed by atoms with Gasteiger partial charge in [0.15, 0.2) is 0 Å². The van der Waals surface area contributed by atoms with Gasteiger partial charge in [0.2, 0.25) is 0 Å². The maximum atomic E-state index is 5.67. The largest absolute Gasteiger partial charge is 0.388 e. The molecule has 2 rings (SSSR count). The highest BCUT2D eigenvalue weighted by atomic mass is 32.1. The Kier molecular flexibility index (Phi) is 4.49. The number of thiocarbonyl (C=S) groups is 1. The van der Waals surface area contributed by atoms with Crippen molar-refractivity contribution < 1.29 is 0 Å². The van der Waals surface area contributed by atoms with E-state index in [-0.39, 0.29) is 0 Å². The van der Waals surface area contributed by atoms with E-state index in [9.17, 15) is 0 Å². The van der Waals surface area contributed by atoms with Gasteiger partial charge in [0, 0.05) is 19.3 Å². The van der Waals surface area contributed by atoms with Crippen molar-refractivity contribution in [1.29, 1.82) is 0 Å². The van der Waals surface area contributed by atoms with Gasteiger partial charge < -0.3 is 16.0 Å². The fraction of sp³-hybridized carbons (Fsp3) is 0.538. The summed E-state index contributed by atoms with van der Waals surface area (Å²) >= 11 is 5.01. The zero-order valence-electron chi connectivity index (χ0n) is 10.7. The summed E-state index contributed by atoms with van der Waals surface area (Å²) in [6.45, 7) is 3.31. The number of hydrogen-bond donors (Lipinski definition) is 2. The summed E-state index contributed by atoms with van der Waals surface area (Å²) in [4.78, 5) is 6.95. The van der Waals surface area contributed by atoms with Gasteiger partial charge in [-0.2, -0.15) is 0 Å². The highest BCUT2D eigenvalue weighted by molar-refractivity contribution is 7.80. The van der Waals surface area contributed by atoms with Gasteiger partial charge in [-0.3, -0.25) is 4.98 Å². The van der Waals surface area contributed by atoms with Crippen molar-refractivity contribution >= 4 is 22.9 Å². The number of likely N-dealkylation sites (tertiary alicyclic amines) is 1. The van der Waals surface area contributed by atoms with Crippen LogP contribution in [-0.4, -0.2) is 41.6 Å². The molecule has 0 spiro atoms. The average Bonchev–Trinajstić information content (AvgIpc) is 2.37. The summed E-state index contributed by atoms with van der Waals surface area (Å²) in [7, 11) is 2.18. The molecule has 1 atom stereocenters. The lowest BCUT2D eigenvalue weighted by Crippen LogP contribution is -2.35. The van der Waals surface area contributed by atoms with Crippen LogP contribution in [0.15, 0.2) is 18.3 Å². The van der Waals surface area contributed by atoms with Crippen LogP contribution >= 0.6 is 12.2 Å². The number of anilines is 1. The van der Waals surface area contributed by atoms with Crippen LogP contribution in [-0.2, 0) is 0 Å². The van der Waals surface area contributed by atoms with E-state index in [0.717, 1.165) is 18.8 Å². The third-order valence-corrected chi connectivity index (χ3v) is 3.54. The summed E-state index contributed by atoms with van der Waals surface area (Å²) < 4.78 is 0. The zero-order valence-corrected chi connectivity index (χ0v) is 11.5. The number of nitrogens with two attached hydrogens (primary N) is 1. The van der Waals surface area contributed by atoms with Crippen molar-refractivity contribution in [3.05, 3.63) is 24.0 Å². The van der Waals surface area contributed by atoms with Gasteiger partial charge in [0.25, 0.3) is 0 Å². The van der Waals surface area contributed by atoms with Gasteiger partial charge in [0.1, 0.15) is 10.7 Å². The Bertz CT molecular complexity index is 421. The molecule has 1 unspecified atom stereocenters. The maximum Gasteiger partial charge on any atom is 0.124 e. The van der Waals surface area contributed by atoms with Crippen molar-refractivity contribution in [3.8, 4) is 0 Å². The molecule has 0 bridgehead atoms. The lowest BCUT2D eigenvalue weighted by atomic mass is 9.98. The number of rotatable bonds is 4. The molecular weight excluding hydrogens is 244 g/mol. The van der Waals surface area contributed by atoms with Crippen LogP contribution in [0.5, 0.6) is 0 Å². The molecule has 0 amide bonds. The molecule has 0 saturated carbocycles. The summed E-state index contributed by atoms with van der Waals surface area (Å²) in [6, 6.07) is 3.88. The average molecular weight is 264 g/mol. The van der Waals surface area contributed by atoms with Crippen molar-refractivity contribution in [2.24, 2.45) is 11.7 Å². The zero-order chi connectivity index (χ0) is 13.0. The second-order valence-electron chi connectivity index (χ2n) is 4.92. The van der Waals surface area contributed by atoms with Crippen molar-refractivity contribution in [3.63, 3.8) is 0 Å². The van der Waals surface area contributed by atoms with Gasteiger partial charge >= 0.3 is 0 Å². The van der Waals surface area contributed by atoms with E-state index in [0.29, 0.717) is 16.6 Å². The van der Waals surface area contributed by atoms with Gasteiger partial charge in [-0.05, 0) is 44.5 Å². The van der Waals surface area contributed by atoms with Crippen LogP contribution in [0.25, 0.3) is 0 Å². The lowest BCUT2D eigenvalue weighted by Gasteiger charge is -2.30. The fourth-order valence-corrected chi connectivity index (χ4v) is 2.60. The Labute approximate surface area is 114 Å². The number of nitrogens with zero attached hydrogens (tertiary/aromatic N) is 2. The molecule has 1 aromatic heterocycles. The SMILES string of the molecule is CN1CCCC(CNc2cccnc2C(N)=S)C1. The van der Waals surface area contributed by atoms with Crippen LogP contribution in [0.2, 0.25) is 0 Å². The molecule has 0 aliphatic carbocycles.